The van der Waals surface area contributed by atoms with Crippen molar-refractivity contribution >= 4 is 0 Å². The molecule has 0 heterocycles. The summed E-state index contributed by atoms with van der Waals surface area (Å²) in [5.74, 6) is 1.86. The minimum atomic E-state index is 0.558. The fraction of sp³-hybridized carbons (Fsp3) is 1.00. The van der Waals surface area contributed by atoms with Gasteiger partial charge in [0.25, 0.3) is 0 Å². The summed E-state index contributed by atoms with van der Waals surface area (Å²) in [5, 5.41) is 6.94. The highest BCUT2D eigenvalue weighted by Crippen LogP contribution is 2.36. The molecule has 0 aromatic carbocycles. The van der Waals surface area contributed by atoms with Crippen LogP contribution in [-0.2, 0) is 4.74 Å². The first-order chi connectivity index (χ1) is 7.24. The van der Waals surface area contributed by atoms with Crippen LogP contribution >= 0.6 is 0 Å². The van der Waals surface area contributed by atoms with Crippen LogP contribution in [0, 0.1) is 11.8 Å². The number of hydrogen-bond acceptors (Lipinski definition) is 3. The summed E-state index contributed by atoms with van der Waals surface area (Å²) in [6.07, 6.45) is 2.90. The zero-order chi connectivity index (χ0) is 11.1. The van der Waals surface area contributed by atoms with Gasteiger partial charge in [-0.05, 0) is 38.1 Å². The number of hydrogen-bond donors (Lipinski definition) is 2. The number of methoxy groups -OCH3 is 1. The zero-order valence-electron chi connectivity index (χ0n) is 10.4. The highest BCUT2D eigenvalue weighted by Gasteiger charge is 2.27. The molecule has 2 unspecified atom stereocenters. The molecule has 1 aliphatic rings. The minimum absolute atomic E-state index is 0.558. The van der Waals surface area contributed by atoms with Gasteiger partial charge in [-0.25, -0.2) is 0 Å². The molecule has 0 amide bonds. The minimum Gasteiger partial charge on any atom is -0.383 e. The summed E-state index contributed by atoms with van der Waals surface area (Å²) in [6, 6.07) is 0.558. The maximum Gasteiger partial charge on any atom is 0.0587 e. The molecule has 3 heteroatoms. The summed E-state index contributed by atoms with van der Waals surface area (Å²) in [5.41, 5.74) is 0. The van der Waals surface area contributed by atoms with Gasteiger partial charge in [-0.15, -0.1) is 0 Å². The normalized spacial score (nSPS) is 20.2. The average molecular weight is 214 g/mol. The van der Waals surface area contributed by atoms with Crippen LogP contribution in [0.1, 0.15) is 26.7 Å². The molecule has 0 saturated heterocycles. The fourth-order valence-electron chi connectivity index (χ4n) is 1.78. The fourth-order valence-corrected chi connectivity index (χ4v) is 1.78. The van der Waals surface area contributed by atoms with Crippen molar-refractivity contribution in [3.05, 3.63) is 0 Å². The van der Waals surface area contributed by atoms with E-state index >= 15 is 0 Å². The van der Waals surface area contributed by atoms with Gasteiger partial charge in [0.15, 0.2) is 0 Å². The Hall–Kier alpha value is -0.120. The van der Waals surface area contributed by atoms with Gasteiger partial charge in [0.05, 0.1) is 6.61 Å². The SMILES string of the molecule is COCCNCC(C)NCC(C)C1CC1. The predicted octanol–water partition coefficient (Wildman–Crippen LogP) is 1.25. The Labute approximate surface area is 94.0 Å². The monoisotopic (exact) mass is 214 g/mol. The van der Waals surface area contributed by atoms with E-state index in [1.165, 1.54) is 12.8 Å². The molecule has 0 aromatic heterocycles. The summed E-state index contributed by atoms with van der Waals surface area (Å²) in [7, 11) is 1.74. The van der Waals surface area contributed by atoms with Gasteiger partial charge in [-0.2, -0.15) is 0 Å². The van der Waals surface area contributed by atoms with Crippen molar-refractivity contribution in [2.24, 2.45) is 11.8 Å². The van der Waals surface area contributed by atoms with E-state index < -0.39 is 0 Å². The molecule has 1 rings (SSSR count). The Balaban J connectivity index is 1.90. The lowest BCUT2D eigenvalue weighted by atomic mass is 10.1. The quantitative estimate of drug-likeness (QED) is 0.567. The molecule has 0 spiro atoms. The van der Waals surface area contributed by atoms with Gasteiger partial charge < -0.3 is 15.4 Å². The van der Waals surface area contributed by atoms with E-state index in [9.17, 15) is 0 Å². The van der Waals surface area contributed by atoms with Crippen LogP contribution in [0.4, 0.5) is 0 Å². The molecule has 0 bridgehead atoms. The van der Waals surface area contributed by atoms with Crippen molar-refractivity contribution in [2.45, 2.75) is 32.7 Å². The summed E-state index contributed by atoms with van der Waals surface area (Å²) in [4.78, 5) is 0. The second-order valence-electron chi connectivity index (χ2n) is 4.82. The molecule has 1 aliphatic carbocycles. The summed E-state index contributed by atoms with van der Waals surface area (Å²) < 4.78 is 4.98. The third kappa shape index (κ3) is 6.13. The van der Waals surface area contributed by atoms with Gasteiger partial charge in [0.2, 0.25) is 0 Å². The van der Waals surface area contributed by atoms with Crippen molar-refractivity contribution in [1.29, 1.82) is 0 Å². The summed E-state index contributed by atoms with van der Waals surface area (Å²) >= 11 is 0. The molecular formula is C12H26N2O. The van der Waals surface area contributed by atoms with E-state index in [4.69, 9.17) is 4.74 Å². The third-order valence-electron chi connectivity index (χ3n) is 3.15. The third-order valence-corrected chi connectivity index (χ3v) is 3.15. The summed E-state index contributed by atoms with van der Waals surface area (Å²) in [6.45, 7) is 8.53. The molecule has 90 valence electrons. The lowest BCUT2D eigenvalue weighted by Gasteiger charge is -2.17. The molecule has 0 aromatic rings. The second-order valence-corrected chi connectivity index (χ2v) is 4.82. The van der Waals surface area contributed by atoms with Crippen LogP contribution < -0.4 is 10.6 Å². The van der Waals surface area contributed by atoms with Crippen LogP contribution in [0.2, 0.25) is 0 Å². The molecule has 15 heavy (non-hydrogen) atoms. The van der Waals surface area contributed by atoms with E-state index in [1.54, 1.807) is 7.11 Å². The van der Waals surface area contributed by atoms with Gasteiger partial charge in [0.1, 0.15) is 0 Å². The van der Waals surface area contributed by atoms with Crippen molar-refractivity contribution in [1.82, 2.24) is 10.6 Å². The average Bonchev–Trinajstić information content (AvgIpc) is 3.04. The van der Waals surface area contributed by atoms with E-state index in [0.717, 1.165) is 38.1 Å². The first-order valence-electron chi connectivity index (χ1n) is 6.17. The number of rotatable bonds is 9. The smallest absolute Gasteiger partial charge is 0.0587 e. The molecule has 0 radical (unpaired) electrons. The zero-order valence-corrected chi connectivity index (χ0v) is 10.4. The van der Waals surface area contributed by atoms with Crippen LogP contribution in [0.25, 0.3) is 0 Å². The van der Waals surface area contributed by atoms with Gasteiger partial charge in [0, 0.05) is 26.2 Å². The maximum absolute atomic E-state index is 4.98. The van der Waals surface area contributed by atoms with Crippen molar-refractivity contribution < 1.29 is 4.74 Å². The Kier molecular flexibility index (Phi) is 6.22. The van der Waals surface area contributed by atoms with E-state index in [2.05, 4.69) is 24.5 Å². The molecule has 0 aliphatic heterocycles. The van der Waals surface area contributed by atoms with Gasteiger partial charge in [-0.3, -0.25) is 0 Å². The van der Waals surface area contributed by atoms with Gasteiger partial charge >= 0.3 is 0 Å². The number of nitrogens with one attached hydrogen (secondary N) is 2. The van der Waals surface area contributed by atoms with E-state index in [-0.39, 0.29) is 0 Å². The molecule has 1 saturated carbocycles. The standard InChI is InChI=1S/C12H26N2O/c1-10(12-4-5-12)8-14-11(2)9-13-6-7-15-3/h10-14H,4-9H2,1-3H3. The molecule has 3 nitrogen and oxygen atoms in total. The Morgan fingerprint density at radius 2 is 2.00 bits per heavy atom. The topological polar surface area (TPSA) is 33.3 Å². The van der Waals surface area contributed by atoms with Gasteiger partial charge in [-0.1, -0.05) is 6.92 Å². The van der Waals surface area contributed by atoms with Crippen molar-refractivity contribution in [3.63, 3.8) is 0 Å². The van der Waals surface area contributed by atoms with Crippen LogP contribution in [0.3, 0.4) is 0 Å². The largest absolute Gasteiger partial charge is 0.383 e. The second kappa shape index (κ2) is 7.20. The molecular weight excluding hydrogens is 188 g/mol. The predicted molar refractivity (Wildman–Crippen MR) is 64.1 cm³/mol. The van der Waals surface area contributed by atoms with Crippen LogP contribution in [0.5, 0.6) is 0 Å². The van der Waals surface area contributed by atoms with E-state index in [0.29, 0.717) is 6.04 Å². The van der Waals surface area contributed by atoms with E-state index in [1.807, 2.05) is 0 Å². The Morgan fingerprint density at radius 3 is 2.60 bits per heavy atom. The molecule has 2 N–H and O–H groups in total. The van der Waals surface area contributed by atoms with Crippen LogP contribution in [-0.4, -0.2) is 39.4 Å². The molecule has 2 atom stereocenters. The first-order valence-corrected chi connectivity index (χ1v) is 6.17. The lowest BCUT2D eigenvalue weighted by molar-refractivity contribution is 0.198. The lowest BCUT2D eigenvalue weighted by Crippen LogP contribution is -2.39. The number of ether oxygens (including phenoxy) is 1. The Morgan fingerprint density at radius 1 is 1.27 bits per heavy atom. The Bertz CT molecular complexity index is 160. The van der Waals surface area contributed by atoms with Crippen molar-refractivity contribution in [3.8, 4) is 0 Å². The first kappa shape index (κ1) is 12.9. The highest BCUT2D eigenvalue weighted by atomic mass is 16.5. The molecule has 1 fully saturated rings. The maximum atomic E-state index is 4.98. The van der Waals surface area contributed by atoms with Crippen LogP contribution in [0.15, 0.2) is 0 Å². The van der Waals surface area contributed by atoms with Crippen molar-refractivity contribution in [2.75, 3.05) is 33.4 Å². The highest BCUT2D eigenvalue weighted by molar-refractivity contribution is 4.80.